The summed E-state index contributed by atoms with van der Waals surface area (Å²) in [6.07, 6.45) is 2.83. The molecule has 16 heavy (non-hydrogen) atoms. The maximum atomic E-state index is 11.7. The number of aryl methyl sites for hydroxylation is 1. The number of hydrogen-bond donors (Lipinski definition) is 2. The second kappa shape index (κ2) is 3.97. The van der Waals surface area contributed by atoms with E-state index >= 15 is 0 Å². The number of nitrogens with two attached hydrogens (primary N) is 1. The van der Waals surface area contributed by atoms with Crippen molar-refractivity contribution in [3.05, 3.63) is 30.2 Å². The lowest BCUT2D eigenvalue weighted by molar-refractivity contribution is 0.102. The molecule has 0 saturated heterocycles. The van der Waals surface area contributed by atoms with Crippen molar-refractivity contribution in [2.24, 2.45) is 7.05 Å². The summed E-state index contributed by atoms with van der Waals surface area (Å²) < 4.78 is 1.46. The van der Waals surface area contributed by atoms with Crippen molar-refractivity contribution >= 4 is 17.7 Å². The third kappa shape index (κ3) is 1.97. The molecule has 0 fully saturated rings. The highest BCUT2D eigenvalue weighted by Crippen LogP contribution is 2.06. The summed E-state index contributed by atoms with van der Waals surface area (Å²) in [6, 6.07) is 3.06. The zero-order chi connectivity index (χ0) is 11.5. The Hall–Kier alpha value is -2.44. The predicted octanol–water partition coefficient (Wildman–Crippen LogP) is 0.0446. The molecule has 0 atom stereocenters. The fourth-order valence-corrected chi connectivity index (χ4v) is 1.17. The molecular formula is C9H10N6O. The third-order valence-electron chi connectivity index (χ3n) is 1.98. The second-order valence-electron chi connectivity index (χ2n) is 3.13. The molecule has 7 heteroatoms. The van der Waals surface area contributed by atoms with Gasteiger partial charge in [-0.3, -0.25) is 10.1 Å². The molecule has 0 unspecified atom stereocenters. The maximum Gasteiger partial charge on any atom is 0.258 e. The number of carbonyl (C=O) groups excluding carboxylic acids is 1. The van der Waals surface area contributed by atoms with Gasteiger partial charge < -0.3 is 5.73 Å². The lowest BCUT2D eigenvalue weighted by Crippen LogP contribution is -2.15. The van der Waals surface area contributed by atoms with Crippen LogP contribution >= 0.6 is 0 Å². The smallest absolute Gasteiger partial charge is 0.258 e. The molecule has 1 amide bonds. The Kier molecular flexibility index (Phi) is 2.50. The van der Waals surface area contributed by atoms with E-state index in [0.717, 1.165) is 0 Å². The number of carbonyl (C=O) groups is 1. The van der Waals surface area contributed by atoms with Gasteiger partial charge in [0.15, 0.2) is 0 Å². The molecule has 0 aliphatic heterocycles. The summed E-state index contributed by atoms with van der Waals surface area (Å²) in [5.74, 6) is 0.371. The molecule has 0 radical (unpaired) electrons. The lowest BCUT2D eigenvalue weighted by Gasteiger charge is -2.03. The van der Waals surface area contributed by atoms with E-state index in [2.05, 4.69) is 20.4 Å². The fraction of sp³-hybridized carbons (Fsp3) is 0.111. The van der Waals surface area contributed by atoms with Crippen LogP contribution in [-0.2, 0) is 7.05 Å². The number of anilines is 2. The molecule has 0 aliphatic rings. The van der Waals surface area contributed by atoms with E-state index in [4.69, 9.17) is 5.73 Å². The van der Waals surface area contributed by atoms with Crippen molar-refractivity contribution < 1.29 is 4.79 Å². The standard InChI is InChI=1S/C9H10N6O/c1-15-9(12-5-13-15)14-8(16)6-2-3-11-7(10)4-6/h2-5H,1H3,(H2,10,11)(H,12,13,14,16). The SMILES string of the molecule is Cn1ncnc1NC(=O)c1ccnc(N)c1. The first-order chi connectivity index (χ1) is 7.66. The van der Waals surface area contributed by atoms with Crippen LogP contribution in [0.4, 0.5) is 11.8 Å². The molecule has 0 spiro atoms. The predicted molar refractivity (Wildman–Crippen MR) is 57.6 cm³/mol. The Morgan fingerprint density at radius 3 is 2.94 bits per heavy atom. The number of amides is 1. The first kappa shape index (κ1) is 10.1. The van der Waals surface area contributed by atoms with Crippen molar-refractivity contribution in [3.8, 4) is 0 Å². The first-order valence-corrected chi connectivity index (χ1v) is 4.53. The van der Waals surface area contributed by atoms with Gasteiger partial charge >= 0.3 is 0 Å². The summed E-state index contributed by atoms with van der Waals surface area (Å²) in [7, 11) is 1.68. The van der Waals surface area contributed by atoms with Crippen LogP contribution in [0.5, 0.6) is 0 Å². The minimum atomic E-state index is -0.301. The van der Waals surface area contributed by atoms with Crippen LogP contribution in [-0.4, -0.2) is 25.7 Å². The largest absolute Gasteiger partial charge is 0.384 e. The van der Waals surface area contributed by atoms with Gasteiger partial charge in [0.05, 0.1) is 0 Å². The van der Waals surface area contributed by atoms with Gasteiger partial charge in [0.25, 0.3) is 5.91 Å². The minimum absolute atomic E-state index is 0.297. The van der Waals surface area contributed by atoms with Gasteiger partial charge in [0, 0.05) is 18.8 Å². The average molecular weight is 218 g/mol. The summed E-state index contributed by atoms with van der Waals surface area (Å²) in [6.45, 7) is 0. The zero-order valence-electron chi connectivity index (χ0n) is 8.58. The van der Waals surface area contributed by atoms with Gasteiger partial charge in [-0.1, -0.05) is 0 Å². The van der Waals surface area contributed by atoms with Gasteiger partial charge in [0.2, 0.25) is 5.95 Å². The number of rotatable bonds is 2. The average Bonchev–Trinajstić information content (AvgIpc) is 2.64. The molecule has 0 bridgehead atoms. The lowest BCUT2D eigenvalue weighted by atomic mass is 10.2. The van der Waals surface area contributed by atoms with Crippen LogP contribution < -0.4 is 11.1 Å². The summed E-state index contributed by atoms with van der Waals surface area (Å²) >= 11 is 0. The van der Waals surface area contributed by atoms with Gasteiger partial charge in [-0.05, 0) is 12.1 Å². The Morgan fingerprint density at radius 1 is 1.50 bits per heavy atom. The maximum absolute atomic E-state index is 11.7. The Morgan fingerprint density at radius 2 is 2.31 bits per heavy atom. The number of pyridine rings is 1. The van der Waals surface area contributed by atoms with Crippen molar-refractivity contribution in [1.29, 1.82) is 0 Å². The second-order valence-corrected chi connectivity index (χ2v) is 3.13. The molecule has 2 aromatic rings. The van der Waals surface area contributed by atoms with Gasteiger partial charge in [-0.25, -0.2) is 9.67 Å². The van der Waals surface area contributed by atoms with Crippen LogP contribution in [0.25, 0.3) is 0 Å². The van der Waals surface area contributed by atoms with E-state index in [9.17, 15) is 4.79 Å². The highest BCUT2D eigenvalue weighted by molar-refractivity contribution is 6.03. The molecule has 7 nitrogen and oxygen atoms in total. The number of nitrogens with zero attached hydrogens (tertiary/aromatic N) is 4. The normalized spacial score (nSPS) is 10.1. The van der Waals surface area contributed by atoms with Crippen LogP contribution in [0.1, 0.15) is 10.4 Å². The molecule has 0 saturated carbocycles. The van der Waals surface area contributed by atoms with Crippen molar-refractivity contribution in [3.63, 3.8) is 0 Å². The fourth-order valence-electron chi connectivity index (χ4n) is 1.17. The monoisotopic (exact) mass is 218 g/mol. The van der Waals surface area contributed by atoms with Crippen molar-refractivity contribution in [2.45, 2.75) is 0 Å². The summed E-state index contributed by atoms with van der Waals surface area (Å²) in [5.41, 5.74) is 5.90. The molecule has 3 N–H and O–H groups in total. The molecule has 2 rings (SSSR count). The van der Waals surface area contributed by atoms with E-state index < -0.39 is 0 Å². The van der Waals surface area contributed by atoms with Crippen LogP contribution in [0.3, 0.4) is 0 Å². The van der Waals surface area contributed by atoms with E-state index in [-0.39, 0.29) is 5.91 Å². The highest BCUT2D eigenvalue weighted by Gasteiger charge is 2.09. The number of aromatic nitrogens is 4. The quantitative estimate of drug-likeness (QED) is 0.741. The van der Waals surface area contributed by atoms with Gasteiger partial charge in [0.1, 0.15) is 12.1 Å². The minimum Gasteiger partial charge on any atom is -0.384 e. The van der Waals surface area contributed by atoms with Crippen LogP contribution in [0.2, 0.25) is 0 Å². The first-order valence-electron chi connectivity index (χ1n) is 4.53. The third-order valence-corrected chi connectivity index (χ3v) is 1.98. The molecule has 82 valence electrons. The Labute approximate surface area is 91.3 Å². The number of nitrogen functional groups attached to an aromatic ring is 1. The zero-order valence-corrected chi connectivity index (χ0v) is 8.58. The van der Waals surface area contributed by atoms with Crippen molar-refractivity contribution in [2.75, 3.05) is 11.1 Å². The summed E-state index contributed by atoms with van der Waals surface area (Å²) in [5, 5.41) is 6.44. The number of nitrogens with one attached hydrogen (secondary N) is 1. The van der Waals surface area contributed by atoms with E-state index in [1.165, 1.54) is 23.3 Å². The van der Waals surface area contributed by atoms with Gasteiger partial charge in [-0.2, -0.15) is 10.1 Å². The molecule has 0 aromatic carbocycles. The summed E-state index contributed by atoms with van der Waals surface area (Å²) in [4.78, 5) is 19.4. The number of hydrogen-bond acceptors (Lipinski definition) is 5. The molecule has 2 heterocycles. The van der Waals surface area contributed by atoms with E-state index in [1.807, 2.05) is 0 Å². The molecule has 0 aliphatic carbocycles. The van der Waals surface area contributed by atoms with Gasteiger partial charge in [-0.15, -0.1) is 0 Å². The topological polar surface area (TPSA) is 98.7 Å². The highest BCUT2D eigenvalue weighted by atomic mass is 16.1. The van der Waals surface area contributed by atoms with Crippen LogP contribution in [0, 0.1) is 0 Å². The van der Waals surface area contributed by atoms with E-state index in [0.29, 0.717) is 17.3 Å². The Bertz CT molecular complexity index is 520. The molecule has 2 aromatic heterocycles. The Balaban J connectivity index is 2.18. The molecular weight excluding hydrogens is 208 g/mol. The van der Waals surface area contributed by atoms with E-state index in [1.54, 1.807) is 13.1 Å². The van der Waals surface area contributed by atoms with Crippen molar-refractivity contribution in [1.82, 2.24) is 19.7 Å². The van der Waals surface area contributed by atoms with Crippen LogP contribution in [0.15, 0.2) is 24.7 Å².